The van der Waals surface area contributed by atoms with Gasteiger partial charge in [0.2, 0.25) is 11.8 Å². The molecule has 0 spiro atoms. The number of piperazine rings is 1. The summed E-state index contributed by atoms with van der Waals surface area (Å²) in [5.74, 6) is 5.43. The maximum atomic E-state index is 13.9. The standard InChI is InChI=1S/C27H35FN6O4/c1-19(2)14-23-26(36)31(12-13-38-18-21-10-6-7-11-22(21)28)16-24-33(23)25(35)17-32(29)34(24)27(37)30-15-20-8-4-3-5-9-20/h3-11,19,23-24H,12-18,29H2,1-2H3,(H,30,37)/t23-,24-/m0/s1. The highest BCUT2D eigenvalue weighted by Gasteiger charge is 2.50. The number of halogens is 1. The van der Waals surface area contributed by atoms with E-state index in [1.807, 2.05) is 44.2 Å². The molecule has 0 aromatic heterocycles. The van der Waals surface area contributed by atoms with Crippen LogP contribution in [0.4, 0.5) is 9.18 Å². The van der Waals surface area contributed by atoms with Crippen molar-refractivity contribution in [1.82, 2.24) is 25.2 Å². The Kier molecular flexibility index (Phi) is 8.93. The lowest BCUT2D eigenvalue weighted by Crippen LogP contribution is -2.77. The van der Waals surface area contributed by atoms with Gasteiger partial charge >= 0.3 is 6.03 Å². The van der Waals surface area contributed by atoms with Crippen molar-refractivity contribution in [3.05, 3.63) is 71.5 Å². The van der Waals surface area contributed by atoms with Crippen LogP contribution >= 0.6 is 0 Å². The number of nitrogens with one attached hydrogen (secondary N) is 1. The molecule has 0 aliphatic carbocycles. The van der Waals surface area contributed by atoms with E-state index < -0.39 is 18.2 Å². The summed E-state index contributed by atoms with van der Waals surface area (Å²) in [5, 5.41) is 5.29. The maximum Gasteiger partial charge on any atom is 0.335 e. The number of benzene rings is 2. The SMILES string of the molecule is CC(C)C[C@H]1C(=O)N(CCOCc2ccccc2F)C[C@H]2N1C(=O)CN(N)N2C(=O)NCc1ccccc1. The summed E-state index contributed by atoms with van der Waals surface area (Å²) in [6, 6.07) is 14.6. The Balaban J connectivity index is 1.49. The molecule has 2 aliphatic rings. The van der Waals surface area contributed by atoms with Crippen LogP contribution in [0.3, 0.4) is 0 Å². The summed E-state index contributed by atoms with van der Waals surface area (Å²) in [5.41, 5.74) is 1.35. The van der Waals surface area contributed by atoms with Crippen LogP contribution in [0.15, 0.2) is 54.6 Å². The first kappa shape index (κ1) is 27.5. The molecule has 2 aliphatic heterocycles. The number of hydrogen-bond acceptors (Lipinski definition) is 6. The number of nitrogens with zero attached hydrogens (tertiary/aromatic N) is 4. The maximum absolute atomic E-state index is 13.9. The molecule has 11 heteroatoms. The van der Waals surface area contributed by atoms with E-state index in [-0.39, 0.29) is 62.9 Å². The number of amides is 4. The first-order chi connectivity index (χ1) is 18.3. The van der Waals surface area contributed by atoms with Crippen molar-refractivity contribution in [3.8, 4) is 0 Å². The van der Waals surface area contributed by atoms with E-state index in [9.17, 15) is 18.8 Å². The number of carbonyl (C=O) groups excluding carboxylic acids is 3. The molecule has 2 fully saturated rings. The second kappa shape index (κ2) is 12.3. The van der Waals surface area contributed by atoms with E-state index >= 15 is 0 Å². The molecule has 2 atom stereocenters. The fourth-order valence-electron chi connectivity index (χ4n) is 4.86. The van der Waals surface area contributed by atoms with Crippen LogP contribution in [0.2, 0.25) is 0 Å². The molecule has 4 rings (SSSR count). The van der Waals surface area contributed by atoms with E-state index in [0.717, 1.165) is 10.7 Å². The largest absolute Gasteiger partial charge is 0.375 e. The zero-order valence-corrected chi connectivity index (χ0v) is 21.8. The molecule has 38 heavy (non-hydrogen) atoms. The highest BCUT2D eigenvalue weighted by atomic mass is 19.1. The van der Waals surface area contributed by atoms with Crippen molar-refractivity contribution >= 4 is 17.8 Å². The smallest absolute Gasteiger partial charge is 0.335 e. The third-order valence-corrected chi connectivity index (χ3v) is 6.69. The predicted octanol–water partition coefficient (Wildman–Crippen LogP) is 2.07. The van der Waals surface area contributed by atoms with Gasteiger partial charge < -0.3 is 19.9 Å². The van der Waals surface area contributed by atoms with Gasteiger partial charge in [-0.1, -0.05) is 62.4 Å². The summed E-state index contributed by atoms with van der Waals surface area (Å²) < 4.78 is 19.6. The quantitative estimate of drug-likeness (QED) is 0.382. The van der Waals surface area contributed by atoms with Crippen molar-refractivity contribution in [2.75, 3.05) is 26.2 Å². The van der Waals surface area contributed by atoms with Crippen LogP contribution < -0.4 is 11.2 Å². The van der Waals surface area contributed by atoms with Gasteiger partial charge in [0.05, 0.1) is 19.8 Å². The van der Waals surface area contributed by atoms with Crippen LogP contribution in [-0.2, 0) is 27.5 Å². The molecule has 10 nitrogen and oxygen atoms in total. The first-order valence-corrected chi connectivity index (χ1v) is 12.8. The second-order valence-electron chi connectivity index (χ2n) is 9.94. The fraction of sp³-hybridized carbons (Fsp3) is 0.444. The monoisotopic (exact) mass is 526 g/mol. The van der Waals surface area contributed by atoms with E-state index in [1.165, 1.54) is 16.0 Å². The molecular weight excluding hydrogens is 491 g/mol. The molecule has 2 saturated heterocycles. The summed E-state index contributed by atoms with van der Waals surface area (Å²) in [7, 11) is 0. The van der Waals surface area contributed by atoms with Crippen molar-refractivity contribution in [2.45, 2.75) is 45.6 Å². The minimum atomic E-state index is -0.773. The van der Waals surface area contributed by atoms with Crippen LogP contribution in [0.5, 0.6) is 0 Å². The number of ether oxygens (including phenoxy) is 1. The van der Waals surface area contributed by atoms with Crippen LogP contribution in [0.25, 0.3) is 0 Å². The summed E-state index contributed by atoms with van der Waals surface area (Å²) in [6.45, 7) is 4.57. The van der Waals surface area contributed by atoms with Crippen molar-refractivity contribution in [1.29, 1.82) is 0 Å². The molecule has 0 radical (unpaired) electrons. The lowest BCUT2D eigenvalue weighted by Gasteiger charge is -2.54. The number of urea groups is 1. The summed E-state index contributed by atoms with van der Waals surface area (Å²) in [4.78, 5) is 43.0. The van der Waals surface area contributed by atoms with Gasteiger partial charge in [0, 0.05) is 18.7 Å². The van der Waals surface area contributed by atoms with Crippen molar-refractivity contribution < 1.29 is 23.5 Å². The Morgan fingerprint density at radius 2 is 1.84 bits per heavy atom. The average Bonchev–Trinajstić information content (AvgIpc) is 2.88. The van der Waals surface area contributed by atoms with Gasteiger partial charge in [-0.3, -0.25) is 9.59 Å². The third kappa shape index (κ3) is 6.29. The first-order valence-electron chi connectivity index (χ1n) is 12.8. The molecular formula is C27H35FN6O4. The van der Waals surface area contributed by atoms with Gasteiger partial charge in [-0.2, -0.15) is 0 Å². The number of nitrogens with two attached hydrogens (primary N) is 1. The van der Waals surface area contributed by atoms with Gasteiger partial charge in [0.1, 0.15) is 24.6 Å². The van der Waals surface area contributed by atoms with Crippen molar-refractivity contribution in [3.63, 3.8) is 0 Å². The summed E-state index contributed by atoms with van der Waals surface area (Å²) in [6.07, 6.45) is -0.331. The lowest BCUT2D eigenvalue weighted by atomic mass is 9.97. The second-order valence-corrected chi connectivity index (χ2v) is 9.94. The van der Waals surface area contributed by atoms with Crippen LogP contribution in [0, 0.1) is 11.7 Å². The van der Waals surface area contributed by atoms with Crippen LogP contribution in [0.1, 0.15) is 31.4 Å². The van der Waals surface area contributed by atoms with Gasteiger partial charge in [-0.05, 0) is 24.0 Å². The minimum Gasteiger partial charge on any atom is -0.375 e. The Morgan fingerprint density at radius 1 is 1.13 bits per heavy atom. The molecule has 204 valence electrons. The summed E-state index contributed by atoms with van der Waals surface area (Å²) >= 11 is 0. The molecule has 2 aromatic carbocycles. The zero-order valence-electron chi connectivity index (χ0n) is 21.8. The molecule has 2 aromatic rings. The normalized spacial score (nSPS) is 20.2. The Labute approximate surface area is 222 Å². The number of hydrazine groups is 2. The fourth-order valence-corrected chi connectivity index (χ4v) is 4.86. The highest BCUT2D eigenvalue weighted by molar-refractivity contribution is 5.91. The zero-order chi connectivity index (χ0) is 27.2. The highest BCUT2D eigenvalue weighted by Crippen LogP contribution is 2.28. The van der Waals surface area contributed by atoms with E-state index in [2.05, 4.69) is 5.32 Å². The van der Waals surface area contributed by atoms with Gasteiger partial charge in [0.25, 0.3) is 0 Å². The van der Waals surface area contributed by atoms with Crippen molar-refractivity contribution in [2.24, 2.45) is 11.8 Å². The van der Waals surface area contributed by atoms with E-state index in [4.69, 9.17) is 10.6 Å². The molecule has 0 bridgehead atoms. The Hall–Kier alpha value is -3.54. The topological polar surface area (TPSA) is 111 Å². The number of fused-ring (bicyclic) bond motifs is 1. The van der Waals surface area contributed by atoms with Gasteiger partial charge in [-0.15, -0.1) is 5.12 Å². The molecule has 2 heterocycles. The molecule has 4 amide bonds. The van der Waals surface area contributed by atoms with Gasteiger partial charge in [0.15, 0.2) is 0 Å². The number of carbonyl (C=O) groups is 3. The lowest BCUT2D eigenvalue weighted by molar-refractivity contribution is -0.192. The Morgan fingerprint density at radius 3 is 2.55 bits per heavy atom. The average molecular weight is 527 g/mol. The Bertz CT molecular complexity index is 1130. The minimum absolute atomic E-state index is 0.0722. The molecule has 3 N–H and O–H groups in total. The third-order valence-electron chi connectivity index (χ3n) is 6.69. The van der Waals surface area contributed by atoms with Crippen LogP contribution in [-0.4, -0.2) is 76.2 Å². The van der Waals surface area contributed by atoms with Gasteiger partial charge in [-0.25, -0.2) is 20.0 Å². The molecule has 0 saturated carbocycles. The molecule has 0 unspecified atom stereocenters. The van der Waals surface area contributed by atoms with E-state index in [1.54, 1.807) is 23.1 Å². The number of hydrogen-bond donors (Lipinski definition) is 2. The van der Waals surface area contributed by atoms with E-state index in [0.29, 0.717) is 12.0 Å². The number of rotatable bonds is 9. The predicted molar refractivity (Wildman–Crippen MR) is 138 cm³/mol.